The lowest BCUT2D eigenvalue weighted by Crippen LogP contribution is -2.16. The van der Waals surface area contributed by atoms with Crippen molar-refractivity contribution in [3.05, 3.63) is 52.9 Å². The second-order valence-corrected chi connectivity index (χ2v) is 5.68. The zero-order valence-corrected chi connectivity index (χ0v) is 11.8. The standard InChI is InChI=1S/C13H12ClNO3S/c1-15-13(16)12-7-4-10(18-12)8-19(17)11-5-2-9(14)3-6-11/h2-7H,8H2,1H3,(H,15,16). The van der Waals surface area contributed by atoms with E-state index in [1.54, 1.807) is 36.4 Å². The van der Waals surface area contributed by atoms with E-state index in [0.717, 1.165) is 0 Å². The first kappa shape index (κ1) is 13.8. The van der Waals surface area contributed by atoms with Gasteiger partial charge in [0, 0.05) is 17.0 Å². The number of benzene rings is 1. The molecule has 100 valence electrons. The average molecular weight is 298 g/mol. The van der Waals surface area contributed by atoms with Crippen molar-refractivity contribution in [1.82, 2.24) is 5.32 Å². The van der Waals surface area contributed by atoms with Crippen LogP contribution in [0.2, 0.25) is 5.02 Å². The highest BCUT2D eigenvalue weighted by Gasteiger charge is 2.12. The van der Waals surface area contributed by atoms with Gasteiger partial charge in [0.25, 0.3) is 5.91 Å². The number of hydrogen-bond donors (Lipinski definition) is 1. The molecular formula is C13H12ClNO3S. The molecule has 4 nitrogen and oxygen atoms in total. The van der Waals surface area contributed by atoms with E-state index in [1.165, 1.54) is 7.05 Å². The van der Waals surface area contributed by atoms with Gasteiger partial charge in [-0.15, -0.1) is 0 Å². The lowest BCUT2D eigenvalue weighted by atomic mass is 10.4. The fraction of sp³-hybridized carbons (Fsp3) is 0.154. The van der Waals surface area contributed by atoms with Gasteiger partial charge < -0.3 is 9.73 Å². The van der Waals surface area contributed by atoms with E-state index in [2.05, 4.69) is 5.32 Å². The molecule has 2 rings (SSSR count). The van der Waals surface area contributed by atoms with Gasteiger partial charge in [-0.3, -0.25) is 9.00 Å². The van der Waals surface area contributed by atoms with Crippen LogP contribution in [-0.2, 0) is 16.6 Å². The van der Waals surface area contributed by atoms with Crippen LogP contribution in [0.3, 0.4) is 0 Å². The molecule has 1 unspecified atom stereocenters. The third kappa shape index (κ3) is 3.45. The fourth-order valence-electron chi connectivity index (χ4n) is 1.50. The van der Waals surface area contributed by atoms with Crippen LogP contribution in [0.1, 0.15) is 16.3 Å². The number of rotatable bonds is 4. The summed E-state index contributed by atoms with van der Waals surface area (Å²) in [5.74, 6) is 0.638. The average Bonchev–Trinajstić information content (AvgIpc) is 2.87. The van der Waals surface area contributed by atoms with E-state index >= 15 is 0 Å². The van der Waals surface area contributed by atoms with Gasteiger partial charge in [0.1, 0.15) is 5.76 Å². The normalized spacial score (nSPS) is 12.1. The highest BCUT2D eigenvalue weighted by Crippen LogP contribution is 2.17. The molecule has 0 spiro atoms. The van der Waals surface area contributed by atoms with Gasteiger partial charge in [0.2, 0.25) is 0 Å². The molecule has 0 saturated heterocycles. The molecule has 1 N–H and O–H groups in total. The highest BCUT2D eigenvalue weighted by molar-refractivity contribution is 7.84. The molecular weight excluding hydrogens is 286 g/mol. The van der Waals surface area contributed by atoms with Crippen LogP contribution in [0.25, 0.3) is 0 Å². The summed E-state index contributed by atoms with van der Waals surface area (Å²) in [5.41, 5.74) is 0. The second-order valence-electron chi connectivity index (χ2n) is 3.79. The van der Waals surface area contributed by atoms with Crippen molar-refractivity contribution < 1.29 is 13.4 Å². The molecule has 0 aliphatic carbocycles. The molecule has 1 amide bonds. The van der Waals surface area contributed by atoms with Crippen molar-refractivity contribution >= 4 is 28.3 Å². The predicted octanol–water partition coefficient (Wildman–Crippen LogP) is 2.60. The third-order valence-electron chi connectivity index (χ3n) is 2.46. The molecule has 2 aromatic rings. The Balaban J connectivity index is 2.08. The zero-order chi connectivity index (χ0) is 13.8. The number of hydrogen-bond acceptors (Lipinski definition) is 3. The molecule has 0 saturated carbocycles. The quantitative estimate of drug-likeness (QED) is 0.943. The lowest BCUT2D eigenvalue weighted by Gasteiger charge is -2.00. The maximum Gasteiger partial charge on any atom is 0.286 e. The van der Waals surface area contributed by atoms with Crippen LogP contribution in [0.15, 0.2) is 45.7 Å². The van der Waals surface area contributed by atoms with Gasteiger partial charge in [0.15, 0.2) is 5.76 Å². The van der Waals surface area contributed by atoms with E-state index in [-0.39, 0.29) is 17.4 Å². The summed E-state index contributed by atoms with van der Waals surface area (Å²) < 4.78 is 17.4. The largest absolute Gasteiger partial charge is 0.455 e. The summed E-state index contributed by atoms with van der Waals surface area (Å²) in [6.45, 7) is 0. The Morgan fingerprint density at radius 1 is 1.26 bits per heavy atom. The Hall–Kier alpha value is -1.59. The zero-order valence-electron chi connectivity index (χ0n) is 10.2. The van der Waals surface area contributed by atoms with E-state index in [0.29, 0.717) is 15.7 Å². The van der Waals surface area contributed by atoms with Gasteiger partial charge in [-0.1, -0.05) is 11.6 Å². The summed E-state index contributed by atoms with van der Waals surface area (Å²) in [6.07, 6.45) is 0. The number of amides is 1. The molecule has 0 aliphatic heterocycles. The maximum atomic E-state index is 12.1. The monoisotopic (exact) mass is 297 g/mol. The molecule has 0 radical (unpaired) electrons. The Kier molecular flexibility index (Phi) is 4.39. The summed E-state index contributed by atoms with van der Waals surface area (Å²) in [4.78, 5) is 12.0. The SMILES string of the molecule is CNC(=O)c1ccc(CS(=O)c2ccc(Cl)cc2)o1. The van der Waals surface area contributed by atoms with Crippen LogP contribution < -0.4 is 5.32 Å². The molecule has 0 aliphatic rings. The van der Waals surface area contributed by atoms with Crippen molar-refractivity contribution in [3.63, 3.8) is 0 Å². The van der Waals surface area contributed by atoms with E-state index in [9.17, 15) is 9.00 Å². The Morgan fingerprint density at radius 3 is 2.58 bits per heavy atom. The van der Waals surface area contributed by atoms with Crippen LogP contribution in [0.5, 0.6) is 0 Å². The number of nitrogens with one attached hydrogen (secondary N) is 1. The van der Waals surface area contributed by atoms with Crippen molar-refractivity contribution in [1.29, 1.82) is 0 Å². The van der Waals surface area contributed by atoms with Crippen LogP contribution in [0.4, 0.5) is 0 Å². The predicted molar refractivity (Wildman–Crippen MR) is 73.7 cm³/mol. The van der Waals surface area contributed by atoms with E-state index < -0.39 is 10.8 Å². The first-order chi connectivity index (χ1) is 9.10. The van der Waals surface area contributed by atoms with Crippen LogP contribution >= 0.6 is 11.6 Å². The van der Waals surface area contributed by atoms with E-state index in [4.69, 9.17) is 16.0 Å². The molecule has 1 atom stereocenters. The second kappa shape index (κ2) is 6.04. The summed E-state index contributed by atoms with van der Waals surface area (Å²) in [6, 6.07) is 10.0. The molecule has 1 aromatic heterocycles. The van der Waals surface area contributed by atoms with Crippen molar-refractivity contribution in [2.24, 2.45) is 0 Å². The minimum atomic E-state index is -1.23. The Bertz CT molecular complexity index is 607. The molecule has 19 heavy (non-hydrogen) atoms. The number of carbonyl (C=O) groups excluding carboxylic acids is 1. The molecule has 0 bridgehead atoms. The number of furan rings is 1. The molecule has 6 heteroatoms. The number of halogens is 1. The van der Waals surface area contributed by atoms with Crippen molar-refractivity contribution in [2.45, 2.75) is 10.6 Å². The Morgan fingerprint density at radius 2 is 1.95 bits per heavy atom. The van der Waals surface area contributed by atoms with Gasteiger partial charge in [-0.25, -0.2) is 0 Å². The smallest absolute Gasteiger partial charge is 0.286 e. The number of carbonyl (C=O) groups is 1. The minimum Gasteiger partial charge on any atom is -0.455 e. The first-order valence-corrected chi connectivity index (χ1v) is 7.24. The summed E-state index contributed by atoms with van der Waals surface area (Å²) >= 11 is 5.77. The fourth-order valence-corrected chi connectivity index (χ4v) is 2.65. The van der Waals surface area contributed by atoms with Gasteiger partial charge in [0.05, 0.1) is 16.6 Å². The summed E-state index contributed by atoms with van der Waals surface area (Å²) in [7, 11) is 0.296. The third-order valence-corrected chi connectivity index (χ3v) is 4.06. The molecule has 0 fully saturated rings. The lowest BCUT2D eigenvalue weighted by molar-refractivity contribution is 0.0934. The van der Waals surface area contributed by atoms with Gasteiger partial charge >= 0.3 is 0 Å². The summed E-state index contributed by atoms with van der Waals surface area (Å²) in [5, 5.41) is 3.06. The topological polar surface area (TPSA) is 59.3 Å². The highest BCUT2D eigenvalue weighted by atomic mass is 35.5. The van der Waals surface area contributed by atoms with Crippen LogP contribution in [-0.4, -0.2) is 17.2 Å². The first-order valence-electron chi connectivity index (χ1n) is 5.55. The van der Waals surface area contributed by atoms with Crippen LogP contribution in [0, 0.1) is 0 Å². The minimum absolute atomic E-state index is 0.214. The van der Waals surface area contributed by atoms with Gasteiger partial charge in [-0.05, 0) is 36.4 Å². The Labute approximate surface area is 118 Å². The van der Waals surface area contributed by atoms with E-state index in [1.807, 2.05) is 0 Å². The van der Waals surface area contributed by atoms with Gasteiger partial charge in [-0.2, -0.15) is 0 Å². The van der Waals surface area contributed by atoms with Crippen molar-refractivity contribution in [2.75, 3.05) is 7.05 Å². The molecule has 1 heterocycles. The van der Waals surface area contributed by atoms with Crippen molar-refractivity contribution in [3.8, 4) is 0 Å². The maximum absolute atomic E-state index is 12.1. The molecule has 1 aromatic carbocycles.